The van der Waals surface area contributed by atoms with E-state index >= 15 is 0 Å². The van der Waals surface area contributed by atoms with Gasteiger partial charge < -0.3 is 9.64 Å². The van der Waals surface area contributed by atoms with E-state index in [4.69, 9.17) is 4.74 Å². The van der Waals surface area contributed by atoms with Crippen molar-refractivity contribution in [3.63, 3.8) is 0 Å². The number of fused-ring (bicyclic) bond motifs is 1. The van der Waals surface area contributed by atoms with E-state index in [1.165, 1.54) is 13.2 Å². The van der Waals surface area contributed by atoms with Crippen molar-refractivity contribution in [3.8, 4) is 5.69 Å². The zero-order valence-corrected chi connectivity index (χ0v) is 19.0. The molecule has 1 aromatic heterocycles. The molecule has 1 fully saturated rings. The molecule has 1 atom stereocenters. The van der Waals surface area contributed by atoms with Crippen LogP contribution in [0, 0.1) is 17.0 Å². The van der Waals surface area contributed by atoms with Crippen molar-refractivity contribution in [1.82, 2.24) is 14.7 Å². The number of piperazine rings is 1. The van der Waals surface area contributed by atoms with Gasteiger partial charge in [-0.25, -0.2) is 8.78 Å². The standard InChI is InChI=1S/C24H26F2N4O3/c1-24(2,23(32)33-4)20-14-29(12-11-28(20)3)21-16-7-5-6-8-17(16)22(31)30(27-21)19-10-9-15(25)13-18(19)26/h5-10,13,20H,11-12,14H2,1-4H3. The van der Waals surface area contributed by atoms with Crippen molar-refractivity contribution in [2.75, 3.05) is 38.7 Å². The Labute approximate surface area is 190 Å². The quantitative estimate of drug-likeness (QED) is 0.563. The minimum atomic E-state index is -0.881. The SMILES string of the molecule is COC(=O)C(C)(C)C1CN(c2nn(-c3ccc(F)cc3F)c(=O)c3ccccc23)CCN1C. The van der Waals surface area contributed by atoms with Crippen LogP contribution in [0.4, 0.5) is 14.6 Å². The third-order valence-electron chi connectivity index (χ3n) is 6.42. The van der Waals surface area contributed by atoms with Gasteiger partial charge in [-0.3, -0.25) is 14.5 Å². The summed E-state index contributed by atoms with van der Waals surface area (Å²) in [5, 5.41) is 5.52. The van der Waals surface area contributed by atoms with E-state index < -0.39 is 22.6 Å². The monoisotopic (exact) mass is 456 g/mol. The van der Waals surface area contributed by atoms with Gasteiger partial charge in [0, 0.05) is 37.1 Å². The van der Waals surface area contributed by atoms with Gasteiger partial charge in [0.25, 0.3) is 5.56 Å². The maximum atomic E-state index is 14.6. The molecule has 0 saturated carbocycles. The first-order valence-corrected chi connectivity index (χ1v) is 10.7. The number of hydrogen-bond donors (Lipinski definition) is 0. The van der Waals surface area contributed by atoms with E-state index in [9.17, 15) is 18.4 Å². The lowest BCUT2D eigenvalue weighted by Crippen LogP contribution is -2.59. The number of methoxy groups -OCH3 is 1. The van der Waals surface area contributed by atoms with E-state index in [0.29, 0.717) is 36.2 Å². The van der Waals surface area contributed by atoms with Crippen LogP contribution in [0.5, 0.6) is 0 Å². The number of benzene rings is 2. The average molecular weight is 456 g/mol. The molecule has 0 radical (unpaired) electrons. The number of nitrogens with zero attached hydrogens (tertiary/aromatic N) is 4. The lowest BCUT2D eigenvalue weighted by Gasteiger charge is -2.46. The summed E-state index contributed by atoms with van der Waals surface area (Å²) in [6.07, 6.45) is 0. The molecule has 0 bridgehead atoms. The second-order valence-electron chi connectivity index (χ2n) is 8.84. The third-order valence-corrected chi connectivity index (χ3v) is 6.42. The van der Waals surface area contributed by atoms with Crippen molar-refractivity contribution in [3.05, 3.63) is 64.5 Å². The van der Waals surface area contributed by atoms with Crippen LogP contribution < -0.4 is 10.5 Å². The zero-order chi connectivity index (χ0) is 23.9. The minimum Gasteiger partial charge on any atom is -0.469 e. The average Bonchev–Trinajstić information content (AvgIpc) is 2.80. The molecule has 1 aliphatic heterocycles. The highest BCUT2D eigenvalue weighted by Crippen LogP contribution is 2.32. The second kappa shape index (κ2) is 8.55. The Hall–Kier alpha value is -3.33. The Balaban J connectivity index is 1.86. The lowest BCUT2D eigenvalue weighted by atomic mass is 9.82. The highest BCUT2D eigenvalue weighted by atomic mass is 19.1. The van der Waals surface area contributed by atoms with Crippen LogP contribution in [0.25, 0.3) is 16.5 Å². The number of carbonyl (C=O) groups excluding carboxylic acids is 1. The largest absolute Gasteiger partial charge is 0.469 e. The highest BCUT2D eigenvalue weighted by molar-refractivity contribution is 5.91. The first-order chi connectivity index (χ1) is 15.6. The fraction of sp³-hybridized carbons (Fsp3) is 0.375. The molecule has 2 heterocycles. The molecule has 0 aliphatic carbocycles. The van der Waals surface area contributed by atoms with Gasteiger partial charge in [-0.2, -0.15) is 4.68 Å². The predicted octanol–water partition coefficient (Wildman–Crippen LogP) is 2.98. The van der Waals surface area contributed by atoms with Gasteiger partial charge in [-0.1, -0.05) is 18.2 Å². The van der Waals surface area contributed by atoms with Gasteiger partial charge in [0.2, 0.25) is 0 Å². The molecular formula is C24H26F2N4O3. The van der Waals surface area contributed by atoms with Crippen LogP contribution in [0.3, 0.4) is 0 Å². The first-order valence-electron chi connectivity index (χ1n) is 10.7. The number of likely N-dealkylation sites (N-methyl/N-ethyl adjacent to an activating group) is 1. The van der Waals surface area contributed by atoms with Gasteiger partial charge in [0.15, 0.2) is 11.6 Å². The molecule has 9 heteroatoms. The topological polar surface area (TPSA) is 67.7 Å². The van der Waals surface area contributed by atoms with E-state index in [1.54, 1.807) is 18.2 Å². The molecule has 1 unspecified atom stereocenters. The molecule has 7 nitrogen and oxygen atoms in total. The molecule has 0 N–H and O–H groups in total. The molecule has 1 saturated heterocycles. The summed E-state index contributed by atoms with van der Waals surface area (Å²) >= 11 is 0. The van der Waals surface area contributed by atoms with Crippen LogP contribution in [0.15, 0.2) is 47.3 Å². The number of rotatable bonds is 4. The lowest BCUT2D eigenvalue weighted by molar-refractivity contribution is -0.154. The molecule has 1 aliphatic rings. The maximum absolute atomic E-state index is 14.6. The molecule has 174 valence electrons. The first kappa shape index (κ1) is 22.8. The summed E-state index contributed by atoms with van der Waals surface area (Å²) in [5.41, 5.74) is -1.43. The van der Waals surface area contributed by atoms with Gasteiger partial charge in [0.1, 0.15) is 11.5 Å². The fourth-order valence-electron chi connectivity index (χ4n) is 4.47. The zero-order valence-electron chi connectivity index (χ0n) is 19.0. The molecule has 0 spiro atoms. The Bertz CT molecular complexity index is 1270. The predicted molar refractivity (Wildman–Crippen MR) is 122 cm³/mol. The number of esters is 1. The molecular weight excluding hydrogens is 430 g/mol. The second-order valence-corrected chi connectivity index (χ2v) is 8.84. The fourth-order valence-corrected chi connectivity index (χ4v) is 4.47. The molecule has 4 rings (SSSR count). The summed E-state index contributed by atoms with van der Waals surface area (Å²) in [5.74, 6) is -1.45. The number of anilines is 1. The van der Waals surface area contributed by atoms with Crippen LogP contribution in [-0.4, -0.2) is 60.5 Å². The van der Waals surface area contributed by atoms with Crippen molar-refractivity contribution < 1.29 is 18.3 Å². The van der Waals surface area contributed by atoms with Crippen LogP contribution in [0.1, 0.15) is 13.8 Å². The number of aromatic nitrogens is 2. The van der Waals surface area contributed by atoms with Crippen LogP contribution in [-0.2, 0) is 9.53 Å². The summed E-state index contributed by atoms with van der Waals surface area (Å²) < 4.78 is 34.1. The summed E-state index contributed by atoms with van der Waals surface area (Å²) in [6, 6.07) is 9.81. The van der Waals surface area contributed by atoms with E-state index in [0.717, 1.165) is 16.8 Å². The number of halogens is 2. The highest BCUT2D eigenvalue weighted by Gasteiger charge is 2.43. The summed E-state index contributed by atoms with van der Waals surface area (Å²) in [4.78, 5) is 29.7. The van der Waals surface area contributed by atoms with Gasteiger partial charge in [-0.15, -0.1) is 5.10 Å². The Morgan fingerprint density at radius 2 is 1.82 bits per heavy atom. The normalized spacial score (nSPS) is 17.4. The minimum absolute atomic E-state index is 0.131. The van der Waals surface area contributed by atoms with Crippen LogP contribution >= 0.6 is 0 Å². The van der Waals surface area contributed by atoms with Crippen molar-refractivity contribution in [2.24, 2.45) is 5.41 Å². The van der Waals surface area contributed by atoms with E-state index in [1.807, 2.05) is 31.9 Å². The van der Waals surface area contributed by atoms with Gasteiger partial charge >= 0.3 is 5.97 Å². The maximum Gasteiger partial charge on any atom is 0.312 e. The van der Waals surface area contributed by atoms with Gasteiger partial charge in [-0.05, 0) is 39.1 Å². The summed E-state index contributed by atoms with van der Waals surface area (Å²) in [6.45, 7) is 5.35. The van der Waals surface area contributed by atoms with E-state index in [2.05, 4.69) is 10.00 Å². The third kappa shape index (κ3) is 3.97. The Kier molecular flexibility index (Phi) is 5.92. The molecule has 33 heavy (non-hydrogen) atoms. The Morgan fingerprint density at radius 1 is 1.12 bits per heavy atom. The van der Waals surface area contributed by atoms with Crippen LogP contribution in [0.2, 0.25) is 0 Å². The smallest absolute Gasteiger partial charge is 0.312 e. The van der Waals surface area contributed by atoms with E-state index in [-0.39, 0.29) is 17.7 Å². The van der Waals surface area contributed by atoms with Crippen molar-refractivity contribution >= 4 is 22.6 Å². The number of ether oxygens (including phenoxy) is 1. The van der Waals surface area contributed by atoms with Crippen molar-refractivity contribution in [1.29, 1.82) is 0 Å². The molecule has 0 amide bonds. The van der Waals surface area contributed by atoms with Crippen molar-refractivity contribution in [2.45, 2.75) is 19.9 Å². The Morgan fingerprint density at radius 3 is 2.48 bits per heavy atom. The number of carbonyl (C=O) groups is 1. The molecule has 3 aromatic rings. The van der Waals surface area contributed by atoms with Gasteiger partial charge in [0.05, 0.1) is 17.9 Å². The number of hydrogen-bond acceptors (Lipinski definition) is 6. The summed E-state index contributed by atoms with van der Waals surface area (Å²) in [7, 11) is 3.32. The molecule has 2 aromatic carbocycles.